The first-order valence-electron chi connectivity index (χ1n) is 5.82. The molecule has 1 aliphatic rings. The number of hydrogen-bond acceptors (Lipinski definition) is 1. The summed E-state index contributed by atoms with van der Waals surface area (Å²) in [5, 5.41) is 0. The molecule has 1 aromatic carbocycles. The average Bonchev–Trinajstić information content (AvgIpc) is 2.66. The summed E-state index contributed by atoms with van der Waals surface area (Å²) in [5.41, 5.74) is 1.39. The van der Waals surface area contributed by atoms with E-state index in [1.165, 1.54) is 31.2 Å². The molecule has 1 nitrogen and oxygen atoms in total. The van der Waals surface area contributed by atoms with Gasteiger partial charge in [0.15, 0.2) is 7.98 Å². The third kappa shape index (κ3) is 4.31. The molecular formula is C13H17BNY-. The van der Waals surface area contributed by atoms with Gasteiger partial charge in [-0.15, -0.1) is 0 Å². The molecule has 1 aromatic rings. The van der Waals surface area contributed by atoms with Gasteiger partial charge in [0.1, 0.15) is 0 Å². The van der Waals surface area contributed by atoms with Gasteiger partial charge >= 0.3 is 0 Å². The van der Waals surface area contributed by atoms with Crippen molar-refractivity contribution in [3.8, 4) is 0 Å². The van der Waals surface area contributed by atoms with Gasteiger partial charge < -0.3 is 4.81 Å². The summed E-state index contributed by atoms with van der Waals surface area (Å²) in [4.78, 5) is 2.01. The Balaban J connectivity index is 0.00000128. The van der Waals surface area contributed by atoms with E-state index in [1.807, 2.05) is 10.9 Å². The van der Waals surface area contributed by atoms with Gasteiger partial charge in [-0.1, -0.05) is 12.8 Å². The third-order valence-corrected chi connectivity index (χ3v) is 3.20. The zero-order valence-electron chi connectivity index (χ0n) is 9.73. The Bertz CT molecular complexity index is 291. The summed E-state index contributed by atoms with van der Waals surface area (Å²) in [5.74, 6) is 0. The molecule has 0 bridgehead atoms. The van der Waals surface area contributed by atoms with Crippen molar-refractivity contribution in [2.45, 2.75) is 38.1 Å². The molecule has 0 aliphatic carbocycles. The van der Waals surface area contributed by atoms with Crippen molar-refractivity contribution in [3.05, 3.63) is 35.9 Å². The van der Waals surface area contributed by atoms with Crippen LogP contribution in [0.3, 0.4) is 0 Å². The van der Waals surface area contributed by atoms with Crippen molar-refractivity contribution >= 4 is 7.98 Å². The van der Waals surface area contributed by atoms with Crippen LogP contribution in [-0.2, 0) is 39.1 Å². The van der Waals surface area contributed by atoms with E-state index in [-0.39, 0.29) is 32.7 Å². The van der Waals surface area contributed by atoms with Gasteiger partial charge in [-0.05, 0) is 31.8 Å². The van der Waals surface area contributed by atoms with Crippen LogP contribution in [-0.4, -0.2) is 25.4 Å². The van der Waals surface area contributed by atoms with E-state index in [0.717, 1.165) is 13.0 Å². The molecule has 81 valence electrons. The van der Waals surface area contributed by atoms with Crippen LogP contribution in [0.1, 0.15) is 31.2 Å². The van der Waals surface area contributed by atoms with E-state index in [4.69, 9.17) is 7.98 Å². The smallest absolute Gasteiger partial charge is 0.182 e. The second kappa shape index (κ2) is 7.63. The zero-order chi connectivity index (χ0) is 10.5. The Morgan fingerprint density at radius 1 is 1.50 bits per heavy atom. The van der Waals surface area contributed by atoms with Gasteiger partial charge in [0, 0.05) is 32.7 Å². The Labute approximate surface area is 125 Å². The molecule has 0 N–H and O–H groups in total. The van der Waals surface area contributed by atoms with Crippen molar-refractivity contribution in [1.29, 1.82) is 0 Å². The van der Waals surface area contributed by atoms with Crippen molar-refractivity contribution in [2.75, 3.05) is 6.54 Å². The number of benzene rings is 1. The molecule has 3 heteroatoms. The van der Waals surface area contributed by atoms with Crippen LogP contribution < -0.4 is 0 Å². The number of nitrogens with zero attached hydrogens (tertiary/aromatic N) is 1. The second-order valence-corrected chi connectivity index (χ2v) is 4.34. The Hall–Kier alpha value is 0.349. The fourth-order valence-electron chi connectivity index (χ4n) is 2.30. The summed E-state index contributed by atoms with van der Waals surface area (Å²) in [7, 11) is 5.89. The van der Waals surface area contributed by atoms with Gasteiger partial charge in [-0.2, -0.15) is 35.9 Å². The van der Waals surface area contributed by atoms with Crippen molar-refractivity contribution in [3.63, 3.8) is 0 Å². The summed E-state index contributed by atoms with van der Waals surface area (Å²) >= 11 is 0. The minimum absolute atomic E-state index is 0. The van der Waals surface area contributed by atoms with E-state index in [1.54, 1.807) is 0 Å². The SMILES string of the molecule is [B]N1CCCC1CCCc1c[c-]ccc1.[Y]. The summed E-state index contributed by atoms with van der Waals surface area (Å²) < 4.78 is 0. The van der Waals surface area contributed by atoms with Crippen LogP contribution in [0.2, 0.25) is 0 Å². The van der Waals surface area contributed by atoms with Crippen molar-refractivity contribution < 1.29 is 32.7 Å². The van der Waals surface area contributed by atoms with E-state index in [9.17, 15) is 0 Å². The minimum atomic E-state index is 0. The molecule has 1 unspecified atom stereocenters. The summed E-state index contributed by atoms with van der Waals surface area (Å²) in [6.07, 6.45) is 6.15. The van der Waals surface area contributed by atoms with Crippen molar-refractivity contribution in [2.24, 2.45) is 0 Å². The van der Waals surface area contributed by atoms with Gasteiger partial charge in [0.2, 0.25) is 0 Å². The molecule has 0 spiro atoms. The minimum Gasteiger partial charge on any atom is -0.351 e. The van der Waals surface area contributed by atoms with Gasteiger partial charge in [0.05, 0.1) is 0 Å². The summed E-state index contributed by atoms with van der Waals surface area (Å²) in [6.45, 7) is 1.07. The van der Waals surface area contributed by atoms with Crippen LogP contribution in [0.15, 0.2) is 24.3 Å². The molecule has 2 rings (SSSR count). The predicted molar refractivity (Wildman–Crippen MR) is 63.7 cm³/mol. The average molecular weight is 287 g/mol. The Kier molecular flexibility index (Phi) is 6.87. The van der Waals surface area contributed by atoms with Crippen molar-refractivity contribution in [1.82, 2.24) is 4.81 Å². The maximum atomic E-state index is 5.89. The van der Waals surface area contributed by atoms with E-state index >= 15 is 0 Å². The van der Waals surface area contributed by atoms with Crippen LogP contribution in [0.25, 0.3) is 0 Å². The number of rotatable bonds is 4. The topological polar surface area (TPSA) is 3.24 Å². The molecule has 1 heterocycles. The molecular weight excluding hydrogens is 270 g/mol. The van der Waals surface area contributed by atoms with E-state index in [2.05, 4.69) is 24.3 Å². The van der Waals surface area contributed by atoms with Crippen LogP contribution >= 0.6 is 0 Å². The number of hydrogen-bond donors (Lipinski definition) is 0. The van der Waals surface area contributed by atoms with E-state index in [0.29, 0.717) is 6.04 Å². The molecule has 16 heavy (non-hydrogen) atoms. The maximum absolute atomic E-state index is 5.89. The number of aryl methyl sites for hydroxylation is 1. The molecule has 1 saturated heterocycles. The summed E-state index contributed by atoms with van der Waals surface area (Å²) in [6, 6.07) is 12.0. The Morgan fingerprint density at radius 2 is 2.38 bits per heavy atom. The zero-order valence-corrected chi connectivity index (χ0v) is 12.6. The van der Waals surface area contributed by atoms with E-state index < -0.39 is 0 Å². The van der Waals surface area contributed by atoms with Crippen LogP contribution in [0, 0.1) is 6.07 Å². The first-order chi connectivity index (χ1) is 7.36. The van der Waals surface area contributed by atoms with Gasteiger partial charge in [-0.25, -0.2) is 0 Å². The molecule has 0 amide bonds. The molecule has 1 atom stereocenters. The fraction of sp³-hybridized carbons (Fsp3) is 0.538. The van der Waals surface area contributed by atoms with Crippen LogP contribution in [0.5, 0.6) is 0 Å². The second-order valence-electron chi connectivity index (χ2n) is 4.34. The quantitative estimate of drug-likeness (QED) is 0.607. The standard InChI is InChI=1S/C13H17BN.Y/c14-15-11-5-10-13(15)9-4-8-12-6-2-1-3-7-12;/h1-2,6-7,13H,4-5,8-11H2;/q-1;. The molecule has 3 radical (unpaired) electrons. The molecule has 0 saturated carbocycles. The Morgan fingerprint density at radius 3 is 3.00 bits per heavy atom. The van der Waals surface area contributed by atoms with Crippen LogP contribution in [0.4, 0.5) is 0 Å². The largest absolute Gasteiger partial charge is 0.351 e. The maximum Gasteiger partial charge on any atom is 0.182 e. The molecule has 1 fully saturated rings. The molecule has 0 aromatic heterocycles. The first kappa shape index (κ1) is 14.4. The first-order valence-corrected chi connectivity index (χ1v) is 5.82. The fourth-order valence-corrected chi connectivity index (χ4v) is 2.30. The monoisotopic (exact) mass is 287 g/mol. The van der Waals surface area contributed by atoms with Gasteiger partial charge in [-0.3, -0.25) is 0 Å². The predicted octanol–water partition coefficient (Wildman–Crippen LogP) is 2.35. The van der Waals surface area contributed by atoms with Gasteiger partial charge in [0.25, 0.3) is 0 Å². The third-order valence-electron chi connectivity index (χ3n) is 3.20. The normalized spacial score (nSPS) is 20.6. The molecule has 1 aliphatic heterocycles.